The topological polar surface area (TPSA) is 98.2 Å². The summed E-state index contributed by atoms with van der Waals surface area (Å²) in [5, 5.41) is 9.31. The molecular formula is C23H29N3O5. The number of imide groups is 1. The summed E-state index contributed by atoms with van der Waals surface area (Å²) in [6, 6.07) is 8.06. The summed E-state index contributed by atoms with van der Waals surface area (Å²) in [5.74, 6) is -1.26. The van der Waals surface area contributed by atoms with E-state index in [1.807, 2.05) is 37.3 Å². The molecule has 166 valence electrons. The first kappa shape index (κ1) is 21.3. The Morgan fingerprint density at radius 3 is 2.42 bits per heavy atom. The van der Waals surface area contributed by atoms with E-state index in [2.05, 4.69) is 0 Å². The third-order valence-electron chi connectivity index (χ3n) is 7.09. The van der Waals surface area contributed by atoms with Crippen molar-refractivity contribution in [3.8, 4) is 0 Å². The van der Waals surface area contributed by atoms with Crippen LogP contribution in [0.15, 0.2) is 30.3 Å². The van der Waals surface area contributed by atoms with Gasteiger partial charge in [0.2, 0.25) is 5.91 Å². The molecule has 2 atom stereocenters. The molecule has 1 aromatic carbocycles. The van der Waals surface area contributed by atoms with Crippen LogP contribution in [0, 0.1) is 5.41 Å². The average molecular weight is 428 g/mol. The van der Waals surface area contributed by atoms with Crippen molar-refractivity contribution in [2.75, 3.05) is 19.6 Å². The lowest BCUT2D eigenvalue weighted by Gasteiger charge is -2.37. The zero-order chi connectivity index (χ0) is 22.2. The van der Waals surface area contributed by atoms with Crippen LogP contribution in [0.2, 0.25) is 0 Å². The van der Waals surface area contributed by atoms with Crippen molar-refractivity contribution in [2.45, 2.75) is 57.5 Å². The molecule has 4 amide bonds. The van der Waals surface area contributed by atoms with Crippen molar-refractivity contribution in [1.29, 1.82) is 0 Å². The van der Waals surface area contributed by atoms with Gasteiger partial charge in [0.15, 0.2) is 0 Å². The molecular weight excluding hydrogens is 398 g/mol. The maximum Gasteiger partial charge on any atom is 0.328 e. The van der Waals surface area contributed by atoms with Crippen molar-refractivity contribution in [3.05, 3.63) is 35.9 Å². The average Bonchev–Trinajstić information content (AvgIpc) is 3.30. The van der Waals surface area contributed by atoms with Gasteiger partial charge in [0.05, 0.1) is 19.0 Å². The van der Waals surface area contributed by atoms with Crippen LogP contribution in [0.5, 0.6) is 0 Å². The lowest BCUT2D eigenvalue weighted by molar-refractivity contribution is -0.142. The normalized spacial score (nSPS) is 23.8. The first-order chi connectivity index (χ1) is 14.8. The van der Waals surface area contributed by atoms with E-state index in [1.54, 1.807) is 9.80 Å². The molecule has 3 aliphatic rings. The fraction of sp³-hybridized carbons (Fsp3) is 0.565. The van der Waals surface area contributed by atoms with Crippen molar-refractivity contribution in [3.63, 3.8) is 0 Å². The monoisotopic (exact) mass is 427 g/mol. The number of carboxylic acid groups (broad SMARTS) is 1. The SMILES string of the molecule is CC(c1ccccc1)N1C(=O)C2CN(C(=O)CC3(CC(=O)O)CCCC3)CCN2C1=O. The molecule has 0 radical (unpaired) electrons. The smallest absolute Gasteiger partial charge is 0.328 e. The van der Waals surface area contributed by atoms with Gasteiger partial charge in [-0.1, -0.05) is 43.2 Å². The number of hydrogen-bond acceptors (Lipinski definition) is 4. The Hall–Kier alpha value is -2.90. The molecule has 1 aliphatic carbocycles. The van der Waals surface area contributed by atoms with Crippen molar-refractivity contribution in [1.82, 2.24) is 14.7 Å². The number of aliphatic carboxylic acids is 1. The minimum atomic E-state index is -0.873. The van der Waals surface area contributed by atoms with Crippen LogP contribution < -0.4 is 0 Å². The molecule has 2 unspecified atom stereocenters. The second-order valence-corrected chi connectivity index (χ2v) is 9.08. The fourth-order valence-electron chi connectivity index (χ4n) is 5.37. The molecule has 8 nitrogen and oxygen atoms in total. The van der Waals surface area contributed by atoms with Gasteiger partial charge in [-0.15, -0.1) is 0 Å². The number of hydrogen-bond donors (Lipinski definition) is 1. The Morgan fingerprint density at radius 2 is 1.77 bits per heavy atom. The lowest BCUT2D eigenvalue weighted by Crippen LogP contribution is -2.55. The third kappa shape index (κ3) is 4.03. The summed E-state index contributed by atoms with van der Waals surface area (Å²) < 4.78 is 0. The number of piperazine rings is 1. The van der Waals surface area contributed by atoms with Gasteiger partial charge in [0, 0.05) is 19.5 Å². The Balaban J connectivity index is 1.45. The molecule has 1 N–H and O–H groups in total. The molecule has 3 fully saturated rings. The summed E-state index contributed by atoms with van der Waals surface area (Å²) >= 11 is 0. The van der Waals surface area contributed by atoms with E-state index in [0.717, 1.165) is 31.2 Å². The minimum absolute atomic E-state index is 0.00190. The summed E-state index contributed by atoms with van der Waals surface area (Å²) in [5.41, 5.74) is 0.400. The number of benzene rings is 1. The number of fused-ring (bicyclic) bond motifs is 1. The summed E-state index contributed by atoms with van der Waals surface area (Å²) in [4.78, 5) is 55.0. The first-order valence-corrected chi connectivity index (χ1v) is 11.0. The van der Waals surface area contributed by atoms with Crippen molar-refractivity contribution < 1.29 is 24.3 Å². The molecule has 1 saturated carbocycles. The standard InChI is InChI=1S/C23H29N3O5/c1-16(17-7-3-2-4-8-17)26-21(30)18-15-24(11-12-25(18)22(26)31)19(27)13-23(14-20(28)29)9-5-6-10-23/h2-4,7-8,16,18H,5-6,9-15H2,1H3,(H,28,29). The predicted molar refractivity (Wildman–Crippen MR) is 112 cm³/mol. The van der Waals surface area contributed by atoms with Gasteiger partial charge >= 0.3 is 12.0 Å². The van der Waals surface area contributed by atoms with Crippen LogP contribution in [-0.4, -0.2) is 69.3 Å². The Labute approximate surface area is 181 Å². The molecule has 1 aromatic rings. The van der Waals surface area contributed by atoms with Gasteiger partial charge in [0.25, 0.3) is 5.91 Å². The molecule has 0 spiro atoms. The van der Waals surface area contributed by atoms with E-state index >= 15 is 0 Å². The lowest BCUT2D eigenvalue weighted by atomic mass is 9.79. The number of carboxylic acids is 1. The summed E-state index contributed by atoms with van der Waals surface area (Å²) in [7, 11) is 0. The number of nitrogens with zero attached hydrogens (tertiary/aromatic N) is 3. The number of carbonyl (C=O) groups excluding carboxylic acids is 3. The van der Waals surface area contributed by atoms with E-state index < -0.39 is 17.4 Å². The van der Waals surface area contributed by atoms with Crippen LogP contribution in [0.1, 0.15) is 57.1 Å². The van der Waals surface area contributed by atoms with E-state index in [1.165, 1.54) is 4.90 Å². The number of urea groups is 1. The number of rotatable bonds is 6. The molecule has 0 aromatic heterocycles. The van der Waals surface area contributed by atoms with Gasteiger partial charge in [-0.3, -0.25) is 19.3 Å². The molecule has 2 heterocycles. The van der Waals surface area contributed by atoms with E-state index in [9.17, 15) is 24.3 Å². The van der Waals surface area contributed by atoms with E-state index in [-0.39, 0.29) is 43.3 Å². The summed E-state index contributed by atoms with van der Waals surface area (Å²) in [6.45, 7) is 2.68. The van der Waals surface area contributed by atoms with Crippen LogP contribution in [0.25, 0.3) is 0 Å². The maximum absolute atomic E-state index is 13.1. The van der Waals surface area contributed by atoms with Gasteiger partial charge in [-0.05, 0) is 30.7 Å². The van der Waals surface area contributed by atoms with Gasteiger partial charge in [-0.2, -0.15) is 0 Å². The summed E-state index contributed by atoms with van der Waals surface area (Å²) in [6.07, 6.45) is 3.56. The van der Waals surface area contributed by atoms with Crippen LogP contribution in [-0.2, 0) is 14.4 Å². The maximum atomic E-state index is 13.1. The molecule has 8 heteroatoms. The van der Waals surface area contributed by atoms with Crippen molar-refractivity contribution >= 4 is 23.8 Å². The molecule has 0 bridgehead atoms. The molecule has 4 rings (SSSR count). The molecule has 2 saturated heterocycles. The van der Waals surface area contributed by atoms with Crippen LogP contribution >= 0.6 is 0 Å². The second-order valence-electron chi connectivity index (χ2n) is 9.08. The Bertz CT molecular complexity index is 880. The van der Waals surface area contributed by atoms with Gasteiger partial charge < -0.3 is 14.9 Å². The fourth-order valence-corrected chi connectivity index (χ4v) is 5.37. The number of carbonyl (C=O) groups is 4. The minimum Gasteiger partial charge on any atom is -0.481 e. The Morgan fingerprint density at radius 1 is 1.10 bits per heavy atom. The largest absolute Gasteiger partial charge is 0.481 e. The highest BCUT2D eigenvalue weighted by atomic mass is 16.4. The highest BCUT2D eigenvalue weighted by molar-refractivity contribution is 6.05. The van der Waals surface area contributed by atoms with Crippen molar-refractivity contribution in [2.24, 2.45) is 5.41 Å². The van der Waals surface area contributed by atoms with Crippen LogP contribution in [0.3, 0.4) is 0 Å². The third-order valence-corrected chi connectivity index (χ3v) is 7.09. The molecule has 31 heavy (non-hydrogen) atoms. The zero-order valence-corrected chi connectivity index (χ0v) is 17.8. The highest BCUT2D eigenvalue weighted by Crippen LogP contribution is 2.44. The van der Waals surface area contributed by atoms with E-state index in [0.29, 0.717) is 13.1 Å². The van der Waals surface area contributed by atoms with E-state index in [4.69, 9.17) is 0 Å². The quantitative estimate of drug-likeness (QED) is 0.704. The predicted octanol–water partition coefficient (Wildman–Crippen LogP) is 2.65. The van der Waals surface area contributed by atoms with Gasteiger partial charge in [0.1, 0.15) is 6.04 Å². The van der Waals surface area contributed by atoms with Crippen LogP contribution in [0.4, 0.5) is 4.79 Å². The first-order valence-electron chi connectivity index (χ1n) is 11.0. The highest BCUT2D eigenvalue weighted by Gasteiger charge is 2.50. The molecule has 2 aliphatic heterocycles. The van der Waals surface area contributed by atoms with Gasteiger partial charge in [-0.25, -0.2) is 4.79 Å². The number of amides is 4. The zero-order valence-electron chi connectivity index (χ0n) is 17.8. The Kier molecular flexibility index (Phi) is 5.73. The second kappa shape index (κ2) is 8.32.